The molecule has 38 heavy (non-hydrogen) atoms. The van der Waals surface area contributed by atoms with Gasteiger partial charge in [-0.25, -0.2) is 9.07 Å². The number of tetrazole rings is 1. The SMILES string of the molecule is FCCn1nnnc1C1CC2(c3ccccc3)NC1CCC2OCc1cc(C(F)(F)F)cc(C(F)(F)F)c1. The number of aryl methyl sites for hydroxylation is 1. The molecule has 204 valence electrons. The first-order valence-electron chi connectivity index (χ1n) is 12.1. The van der Waals surface area contributed by atoms with E-state index in [2.05, 4.69) is 20.8 Å². The summed E-state index contributed by atoms with van der Waals surface area (Å²) in [5.74, 6) is 0.321. The average molecular weight is 543 g/mol. The van der Waals surface area contributed by atoms with E-state index < -0.39 is 48.4 Å². The summed E-state index contributed by atoms with van der Waals surface area (Å²) >= 11 is 0. The van der Waals surface area contributed by atoms with Crippen molar-refractivity contribution in [2.24, 2.45) is 0 Å². The highest BCUT2D eigenvalue weighted by Crippen LogP contribution is 2.50. The van der Waals surface area contributed by atoms with Crippen molar-refractivity contribution < 1.29 is 35.5 Å². The normalized spacial score (nSPS) is 25.6. The quantitative estimate of drug-likeness (QED) is 0.405. The maximum absolute atomic E-state index is 13.3. The van der Waals surface area contributed by atoms with E-state index in [9.17, 15) is 30.7 Å². The van der Waals surface area contributed by atoms with Crippen LogP contribution in [0.1, 0.15) is 53.3 Å². The number of fused-ring (bicyclic) bond motifs is 2. The number of halogens is 7. The van der Waals surface area contributed by atoms with Gasteiger partial charge in [-0.2, -0.15) is 26.3 Å². The van der Waals surface area contributed by atoms with Crippen molar-refractivity contribution in [3.8, 4) is 0 Å². The molecule has 2 aromatic carbocycles. The molecule has 2 bridgehead atoms. The molecular formula is C25H24F7N5O. The summed E-state index contributed by atoms with van der Waals surface area (Å²) in [6.07, 6.45) is -8.90. The van der Waals surface area contributed by atoms with Gasteiger partial charge in [0.05, 0.1) is 35.9 Å². The number of hydrogen-bond acceptors (Lipinski definition) is 5. The molecule has 3 aromatic rings. The zero-order chi connectivity index (χ0) is 27.1. The topological polar surface area (TPSA) is 64.9 Å². The molecule has 6 nitrogen and oxygen atoms in total. The number of hydrogen-bond donors (Lipinski definition) is 1. The molecule has 5 rings (SSSR count). The van der Waals surface area contributed by atoms with Gasteiger partial charge >= 0.3 is 12.4 Å². The predicted octanol–water partition coefficient (Wildman–Crippen LogP) is 5.40. The fraction of sp³-hybridized carbons (Fsp3) is 0.480. The minimum Gasteiger partial charge on any atom is -0.371 e. The molecule has 3 heterocycles. The number of ether oxygens (including phenoxy) is 1. The van der Waals surface area contributed by atoms with E-state index in [0.29, 0.717) is 37.2 Å². The molecular weight excluding hydrogens is 519 g/mol. The lowest BCUT2D eigenvalue weighted by atomic mass is 9.80. The molecule has 2 saturated heterocycles. The van der Waals surface area contributed by atoms with Gasteiger partial charge in [-0.1, -0.05) is 30.3 Å². The van der Waals surface area contributed by atoms with Crippen LogP contribution in [0.2, 0.25) is 0 Å². The van der Waals surface area contributed by atoms with Crippen LogP contribution < -0.4 is 5.32 Å². The minimum atomic E-state index is -4.94. The molecule has 2 fully saturated rings. The van der Waals surface area contributed by atoms with E-state index in [1.807, 2.05) is 30.3 Å². The Hall–Kier alpha value is -3.06. The Bertz CT molecular complexity index is 1230. The van der Waals surface area contributed by atoms with Crippen molar-refractivity contribution in [1.82, 2.24) is 25.5 Å². The van der Waals surface area contributed by atoms with Crippen molar-refractivity contribution in [1.29, 1.82) is 0 Å². The maximum atomic E-state index is 13.3. The molecule has 0 aliphatic carbocycles. The van der Waals surface area contributed by atoms with Crippen LogP contribution in [0, 0.1) is 0 Å². The molecule has 0 spiro atoms. The number of aromatic nitrogens is 4. The monoisotopic (exact) mass is 543 g/mol. The van der Waals surface area contributed by atoms with Gasteiger partial charge in [0, 0.05) is 12.0 Å². The summed E-state index contributed by atoms with van der Waals surface area (Å²) in [4.78, 5) is 0. The Morgan fingerprint density at radius 3 is 2.29 bits per heavy atom. The number of nitrogens with zero attached hydrogens (tertiary/aromatic N) is 4. The minimum absolute atomic E-state index is 0.000896. The van der Waals surface area contributed by atoms with Gasteiger partial charge in [-0.15, -0.1) is 5.10 Å². The fourth-order valence-electron chi connectivity index (χ4n) is 5.69. The molecule has 4 unspecified atom stereocenters. The number of alkyl halides is 7. The Morgan fingerprint density at radius 2 is 1.66 bits per heavy atom. The predicted molar refractivity (Wildman–Crippen MR) is 120 cm³/mol. The summed E-state index contributed by atoms with van der Waals surface area (Å²) in [5.41, 5.74) is -2.92. The highest BCUT2D eigenvalue weighted by Gasteiger charge is 2.55. The second-order valence-electron chi connectivity index (χ2n) is 9.64. The lowest BCUT2D eigenvalue weighted by molar-refractivity contribution is -0.143. The molecule has 4 atom stereocenters. The zero-order valence-corrected chi connectivity index (χ0v) is 19.9. The summed E-state index contributed by atoms with van der Waals surface area (Å²) < 4.78 is 101. The van der Waals surface area contributed by atoms with Crippen molar-refractivity contribution in [2.75, 3.05) is 6.67 Å². The third-order valence-electron chi connectivity index (χ3n) is 7.34. The van der Waals surface area contributed by atoms with E-state index in [-0.39, 0.29) is 30.1 Å². The smallest absolute Gasteiger partial charge is 0.371 e. The molecule has 1 aromatic heterocycles. The van der Waals surface area contributed by atoms with Gasteiger partial charge in [0.1, 0.15) is 6.67 Å². The molecule has 0 saturated carbocycles. The van der Waals surface area contributed by atoms with Crippen LogP contribution in [-0.4, -0.2) is 39.0 Å². The molecule has 0 radical (unpaired) electrons. The first-order valence-corrected chi connectivity index (χ1v) is 12.1. The van der Waals surface area contributed by atoms with Gasteiger partial charge in [-0.05, 0) is 59.0 Å². The van der Waals surface area contributed by atoms with Crippen LogP contribution in [-0.2, 0) is 35.8 Å². The molecule has 2 aliphatic rings. The van der Waals surface area contributed by atoms with Crippen LogP contribution in [0.15, 0.2) is 48.5 Å². The van der Waals surface area contributed by atoms with Crippen molar-refractivity contribution >= 4 is 0 Å². The lowest BCUT2D eigenvalue weighted by Gasteiger charge is -2.42. The fourth-order valence-corrected chi connectivity index (χ4v) is 5.69. The number of piperidine rings is 1. The van der Waals surface area contributed by atoms with Crippen LogP contribution in [0.4, 0.5) is 30.7 Å². The second-order valence-corrected chi connectivity index (χ2v) is 9.64. The first-order chi connectivity index (χ1) is 18.0. The summed E-state index contributed by atoms with van der Waals surface area (Å²) in [5, 5.41) is 15.3. The summed E-state index contributed by atoms with van der Waals surface area (Å²) in [6, 6.07) is 10.7. The Morgan fingerprint density at radius 1 is 0.974 bits per heavy atom. The molecule has 2 aliphatic heterocycles. The highest BCUT2D eigenvalue weighted by atomic mass is 19.4. The van der Waals surface area contributed by atoms with E-state index >= 15 is 0 Å². The average Bonchev–Trinajstić information content (AvgIpc) is 3.46. The van der Waals surface area contributed by atoms with Gasteiger partial charge in [-0.3, -0.25) is 0 Å². The van der Waals surface area contributed by atoms with E-state index in [4.69, 9.17) is 4.74 Å². The van der Waals surface area contributed by atoms with E-state index in [0.717, 1.165) is 5.56 Å². The number of nitrogens with one attached hydrogen (secondary N) is 1. The van der Waals surface area contributed by atoms with Crippen molar-refractivity contribution in [3.63, 3.8) is 0 Å². The van der Waals surface area contributed by atoms with Crippen LogP contribution >= 0.6 is 0 Å². The summed E-state index contributed by atoms with van der Waals surface area (Å²) in [6.45, 7) is -1.08. The van der Waals surface area contributed by atoms with Gasteiger partial charge in [0.25, 0.3) is 0 Å². The third kappa shape index (κ3) is 5.00. The van der Waals surface area contributed by atoms with Gasteiger partial charge < -0.3 is 10.1 Å². The van der Waals surface area contributed by atoms with E-state index in [1.54, 1.807) is 0 Å². The second kappa shape index (κ2) is 9.92. The first kappa shape index (κ1) is 26.5. The summed E-state index contributed by atoms with van der Waals surface area (Å²) in [7, 11) is 0. The lowest BCUT2D eigenvalue weighted by Crippen LogP contribution is -2.54. The van der Waals surface area contributed by atoms with Crippen molar-refractivity contribution in [2.45, 2.75) is 68.4 Å². The standard InChI is InChI=1S/C25H24F7N5O/c26-8-9-37-22(34-35-36-37)19-13-23(16-4-2-1-3-5-16)21(7-6-20(19)33-23)38-14-15-10-17(24(27,28)29)12-18(11-15)25(30,31)32/h1-5,10-12,19-21,33H,6-9,13-14H2. The molecule has 13 heteroatoms. The molecule has 0 amide bonds. The van der Waals surface area contributed by atoms with Crippen molar-refractivity contribution in [3.05, 3.63) is 76.6 Å². The molecule has 1 N–H and O–H groups in total. The van der Waals surface area contributed by atoms with Crippen LogP contribution in [0.3, 0.4) is 0 Å². The number of benzene rings is 2. The Labute approximate surface area is 213 Å². The third-order valence-corrected chi connectivity index (χ3v) is 7.34. The number of rotatable bonds is 7. The Kier molecular flexibility index (Phi) is 6.93. The maximum Gasteiger partial charge on any atom is 0.416 e. The largest absolute Gasteiger partial charge is 0.416 e. The van der Waals surface area contributed by atoms with Crippen LogP contribution in [0.25, 0.3) is 0 Å². The van der Waals surface area contributed by atoms with Gasteiger partial charge in [0.2, 0.25) is 0 Å². The highest BCUT2D eigenvalue weighted by molar-refractivity contribution is 5.35. The van der Waals surface area contributed by atoms with Gasteiger partial charge in [0.15, 0.2) is 5.82 Å². The zero-order valence-electron chi connectivity index (χ0n) is 19.9. The Balaban J connectivity index is 1.46. The van der Waals surface area contributed by atoms with Crippen LogP contribution in [0.5, 0.6) is 0 Å². The van der Waals surface area contributed by atoms with E-state index in [1.165, 1.54) is 4.68 Å².